The fourth-order valence-corrected chi connectivity index (χ4v) is 3.50. The first-order valence-electron chi connectivity index (χ1n) is 10.3. The van der Waals surface area contributed by atoms with Crippen molar-refractivity contribution in [2.45, 2.75) is 65.6 Å². The largest absolute Gasteiger partial charge is 0.352 e. The van der Waals surface area contributed by atoms with Gasteiger partial charge in [0.05, 0.1) is 16.5 Å². The standard InChI is InChI=1S/C24H30Cl2N2O2/c1-5-17(4)27-24(30)22(6-2)28(15-18-9-7-16(3)8-10-18)23(29)14-19-11-12-20(25)21(26)13-19/h7-13,17,22H,5-6,14-15H2,1-4H3,(H,27,30)/t17-,22-/m1/s1. The summed E-state index contributed by atoms with van der Waals surface area (Å²) in [5.74, 6) is -0.249. The summed E-state index contributed by atoms with van der Waals surface area (Å²) in [7, 11) is 0. The van der Waals surface area contributed by atoms with Crippen LogP contribution in [0.15, 0.2) is 42.5 Å². The normalized spacial score (nSPS) is 12.9. The molecule has 0 heterocycles. The van der Waals surface area contributed by atoms with Crippen molar-refractivity contribution in [2.24, 2.45) is 0 Å². The zero-order valence-electron chi connectivity index (χ0n) is 18.0. The van der Waals surface area contributed by atoms with Gasteiger partial charge in [-0.25, -0.2) is 0 Å². The van der Waals surface area contributed by atoms with Crippen LogP contribution in [-0.2, 0) is 22.6 Å². The Morgan fingerprint density at radius 1 is 0.967 bits per heavy atom. The van der Waals surface area contributed by atoms with Crippen LogP contribution in [0, 0.1) is 6.92 Å². The first-order valence-corrected chi connectivity index (χ1v) is 11.1. The summed E-state index contributed by atoms with van der Waals surface area (Å²) < 4.78 is 0. The molecular weight excluding hydrogens is 419 g/mol. The number of nitrogens with one attached hydrogen (secondary N) is 1. The summed E-state index contributed by atoms with van der Waals surface area (Å²) in [5.41, 5.74) is 2.90. The van der Waals surface area contributed by atoms with Crippen LogP contribution in [0.5, 0.6) is 0 Å². The van der Waals surface area contributed by atoms with Crippen LogP contribution in [-0.4, -0.2) is 28.8 Å². The first-order chi connectivity index (χ1) is 14.2. The van der Waals surface area contributed by atoms with Gasteiger partial charge in [-0.2, -0.15) is 0 Å². The number of hydrogen-bond acceptors (Lipinski definition) is 2. The SMILES string of the molecule is CC[C@@H](C)NC(=O)[C@@H](CC)N(Cc1ccc(C)cc1)C(=O)Cc1ccc(Cl)c(Cl)c1. The Hall–Kier alpha value is -2.04. The molecule has 0 aliphatic heterocycles. The molecule has 2 rings (SSSR count). The summed E-state index contributed by atoms with van der Waals surface area (Å²) in [6.07, 6.45) is 1.51. The maximum absolute atomic E-state index is 13.3. The molecule has 0 unspecified atom stereocenters. The number of aryl methyl sites for hydroxylation is 1. The number of carbonyl (C=O) groups excluding carboxylic acids is 2. The molecule has 2 amide bonds. The Kier molecular flexibility index (Phi) is 9.19. The predicted molar refractivity (Wildman–Crippen MR) is 124 cm³/mol. The summed E-state index contributed by atoms with van der Waals surface area (Å²) in [6.45, 7) is 8.30. The van der Waals surface area contributed by atoms with Gasteiger partial charge in [0.15, 0.2) is 0 Å². The predicted octanol–water partition coefficient (Wildman–Crippen LogP) is 5.57. The van der Waals surface area contributed by atoms with E-state index in [0.717, 1.165) is 23.1 Å². The van der Waals surface area contributed by atoms with Gasteiger partial charge in [-0.1, -0.05) is 72.9 Å². The van der Waals surface area contributed by atoms with E-state index in [2.05, 4.69) is 5.32 Å². The van der Waals surface area contributed by atoms with Gasteiger partial charge in [-0.3, -0.25) is 9.59 Å². The minimum absolute atomic E-state index is 0.0537. The Morgan fingerprint density at radius 3 is 2.17 bits per heavy atom. The molecule has 1 N–H and O–H groups in total. The number of benzene rings is 2. The molecule has 0 spiro atoms. The van der Waals surface area contributed by atoms with E-state index >= 15 is 0 Å². The Labute approximate surface area is 189 Å². The van der Waals surface area contributed by atoms with Gasteiger partial charge in [0.2, 0.25) is 11.8 Å². The average Bonchev–Trinajstić information content (AvgIpc) is 2.71. The van der Waals surface area contributed by atoms with Crippen molar-refractivity contribution in [2.75, 3.05) is 0 Å². The fraction of sp³-hybridized carbons (Fsp3) is 0.417. The molecule has 162 valence electrons. The first kappa shape index (κ1) is 24.2. The van der Waals surface area contributed by atoms with Crippen molar-refractivity contribution in [1.29, 1.82) is 0 Å². The number of nitrogens with zero attached hydrogens (tertiary/aromatic N) is 1. The number of rotatable bonds is 9. The molecule has 30 heavy (non-hydrogen) atoms. The second kappa shape index (κ2) is 11.4. The third-order valence-electron chi connectivity index (χ3n) is 5.20. The lowest BCUT2D eigenvalue weighted by molar-refractivity contribution is -0.141. The van der Waals surface area contributed by atoms with E-state index in [-0.39, 0.29) is 24.3 Å². The Morgan fingerprint density at radius 2 is 1.60 bits per heavy atom. The monoisotopic (exact) mass is 448 g/mol. The fourth-order valence-electron chi connectivity index (χ4n) is 3.18. The van der Waals surface area contributed by atoms with Crippen molar-refractivity contribution in [3.8, 4) is 0 Å². The lowest BCUT2D eigenvalue weighted by atomic mass is 10.1. The molecule has 0 aliphatic carbocycles. The smallest absolute Gasteiger partial charge is 0.243 e. The minimum atomic E-state index is -0.546. The van der Waals surface area contributed by atoms with E-state index in [9.17, 15) is 9.59 Å². The van der Waals surface area contributed by atoms with Gasteiger partial charge >= 0.3 is 0 Å². The average molecular weight is 449 g/mol. The summed E-state index contributed by atoms with van der Waals surface area (Å²) in [4.78, 5) is 27.9. The van der Waals surface area contributed by atoms with Crippen molar-refractivity contribution in [3.05, 3.63) is 69.2 Å². The maximum atomic E-state index is 13.3. The minimum Gasteiger partial charge on any atom is -0.352 e. The zero-order chi connectivity index (χ0) is 22.3. The van der Waals surface area contributed by atoms with Crippen molar-refractivity contribution >= 4 is 35.0 Å². The summed E-state index contributed by atoms with van der Waals surface area (Å²) >= 11 is 12.1. The van der Waals surface area contributed by atoms with Crippen LogP contribution in [0.2, 0.25) is 10.0 Å². The van der Waals surface area contributed by atoms with Gasteiger partial charge in [0.25, 0.3) is 0 Å². The quantitative estimate of drug-likeness (QED) is 0.545. The molecule has 2 aromatic carbocycles. The highest BCUT2D eigenvalue weighted by molar-refractivity contribution is 6.42. The van der Waals surface area contributed by atoms with Gasteiger partial charge < -0.3 is 10.2 Å². The van der Waals surface area contributed by atoms with Crippen molar-refractivity contribution < 1.29 is 9.59 Å². The molecule has 6 heteroatoms. The van der Waals surface area contributed by atoms with Gasteiger partial charge in [-0.05, 0) is 49.9 Å². The highest BCUT2D eigenvalue weighted by atomic mass is 35.5. The number of halogens is 2. The Bertz CT molecular complexity index is 868. The van der Waals surface area contributed by atoms with Gasteiger partial charge in [0.1, 0.15) is 6.04 Å². The highest BCUT2D eigenvalue weighted by Crippen LogP contribution is 2.23. The van der Waals surface area contributed by atoms with Crippen molar-refractivity contribution in [1.82, 2.24) is 10.2 Å². The molecule has 2 aromatic rings. The number of hydrogen-bond donors (Lipinski definition) is 1. The molecule has 0 saturated carbocycles. The topological polar surface area (TPSA) is 49.4 Å². The van der Waals surface area contributed by atoms with Crippen LogP contribution < -0.4 is 5.32 Å². The van der Waals surface area contributed by atoms with Crippen LogP contribution in [0.3, 0.4) is 0 Å². The van der Waals surface area contributed by atoms with Crippen LogP contribution in [0.25, 0.3) is 0 Å². The molecule has 0 bridgehead atoms. The molecule has 0 fully saturated rings. The lowest BCUT2D eigenvalue weighted by Crippen LogP contribution is -2.51. The molecule has 0 radical (unpaired) electrons. The van der Waals surface area contributed by atoms with E-state index in [1.807, 2.05) is 52.0 Å². The van der Waals surface area contributed by atoms with Crippen LogP contribution >= 0.6 is 23.2 Å². The van der Waals surface area contributed by atoms with E-state index in [0.29, 0.717) is 23.0 Å². The van der Waals surface area contributed by atoms with E-state index in [4.69, 9.17) is 23.2 Å². The van der Waals surface area contributed by atoms with E-state index in [1.165, 1.54) is 0 Å². The molecule has 2 atom stereocenters. The van der Waals surface area contributed by atoms with E-state index in [1.54, 1.807) is 23.1 Å². The van der Waals surface area contributed by atoms with Gasteiger partial charge in [0, 0.05) is 12.6 Å². The molecule has 0 aromatic heterocycles. The zero-order valence-corrected chi connectivity index (χ0v) is 19.6. The second-order valence-corrected chi connectivity index (χ2v) is 8.49. The molecular formula is C24H30Cl2N2O2. The molecule has 0 saturated heterocycles. The van der Waals surface area contributed by atoms with Crippen LogP contribution in [0.4, 0.5) is 0 Å². The number of amides is 2. The summed E-state index contributed by atoms with van der Waals surface area (Å²) in [5, 5.41) is 3.88. The Balaban J connectivity index is 2.30. The van der Waals surface area contributed by atoms with Crippen LogP contribution in [0.1, 0.15) is 50.3 Å². The number of carbonyl (C=O) groups is 2. The second-order valence-electron chi connectivity index (χ2n) is 7.67. The van der Waals surface area contributed by atoms with Gasteiger partial charge in [-0.15, -0.1) is 0 Å². The maximum Gasteiger partial charge on any atom is 0.243 e. The lowest BCUT2D eigenvalue weighted by Gasteiger charge is -2.31. The van der Waals surface area contributed by atoms with Crippen molar-refractivity contribution in [3.63, 3.8) is 0 Å². The summed E-state index contributed by atoms with van der Waals surface area (Å²) in [6, 6.07) is 12.7. The third kappa shape index (κ3) is 6.75. The highest BCUT2D eigenvalue weighted by Gasteiger charge is 2.29. The third-order valence-corrected chi connectivity index (χ3v) is 5.94. The molecule has 4 nitrogen and oxygen atoms in total. The van der Waals surface area contributed by atoms with E-state index < -0.39 is 6.04 Å². The molecule has 0 aliphatic rings.